The summed E-state index contributed by atoms with van der Waals surface area (Å²) >= 11 is 0. The molecular weight excluding hydrogens is 442 g/mol. The Bertz CT molecular complexity index is 1030. The number of carboxylic acid groups (broad SMARTS) is 1. The van der Waals surface area contributed by atoms with Gasteiger partial charge in [-0.05, 0) is 31.2 Å². The third kappa shape index (κ3) is 8.51. The van der Waals surface area contributed by atoms with E-state index in [1.807, 2.05) is 0 Å². The molecule has 11 heteroatoms. The van der Waals surface area contributed by atoms with Crippen molar-refractivity contribution in [2.24, 2.45) is 5.10 Å². The van der Waals surface area contributed by atoms with Crippen molar-refractivity contribution in [3.63, 3.8) is 0 Å². The summed E-state index contributed by atoms with van der Waals surface area (Å²) in [5, 5.41) is 32.3. The highest BCUT2D eigenvalue weighted by Gasteiger charge is 2.18. The van der Waals surface area contributed by atoms with Crippen molar-refractivity contribution < 1.29 is 24.7 Å². The maximum atomic E-state index is 12.1. The van der Waals surface area contributed by atoms with Gasteiger partial charge in [0, 0.05) is 62.9 Å². The number of phenolic OH excluding ortho intramolecular Hbond substituents is 1. The van der Waals surface area contributed by atoms with Crippen LogP contribution in [0.3, 0.4) is 0 Å². The van der Waals surface area contributed by atoms with Crippen molar-refractivity contribution in [2.75, 3.05) is 38.1 Å². The minimum Gasteiger partial charge on any atom is -0.508 e. The molecule has 0 saturated carbocycles. The number of anilines is 1. The number of amides is 1. The normalized spacial score (nSPS) is 13.8. The van der Waals surface area contributed by atoms with Gasteiger partial charge in [-0.2, -0.15) is 5.10 Å². The first-order chi connectivity index (χ1) is 16.2. The molecule has 0 aromatic heterocycles. The lowest BCUT2D eigenvalue weighted by Crippen LogP contribution is -2.44. The Balaban J connectivity index is 0.000000945. The van der Waals surface area contributed by atoms with Gasteiger partial charge in [0.05, 0.1) is 11.1 Å². The molecule has 1 amide bonds. The van der Waals surface area contributed by atoms with Crippen LogP contribution >= 0.6 is 0 Å². The standard InChI is InChI=1S/C21H25N5O4.C2H4O2/c1-24-10-12-25(13-11-24)19-8-7-18(26(29)30)14-17(19)15-22-23-21(28)9-6-16-4-2-3-5-20(16)27;1-2(3)4/h2-5,7-8,14-15,27H,6,9-13H2,1H3,(H,23,28);1H3,(H,3,4)/b22-15+;. The summed E-state index contributed by atoms with van der Waals surface area (Å²) in [6, 6.07) is 11.5. The largest absolute Gasteiger partial charge is 0.508 e. The Morgan fingerprint density at radius 3 is 2.44 bits per heavy atom. The molecule has 0 spiro atoms. The number of nitro benzene ring substituents is 1. The number of aryl methyl sites for hydroxylation is 1. The third-order valence-electron chi connectivity index (χ3n) is 5.07. The second-order valence-corrected chi connectivity index (χ2v) is 7.73. The van der Waals surface area contributed by atoms with Gasteiger partial charge in [-0.25, -0.2) is 5.43 Å². The van der Waals surface area contributed by atoms with Gasteiger partial charge in [-0.1, -0.05) is 18.2 Å². The fourth-order valence-electron chi connectivity index (χ4n) is 3.29. The smallest absolute Gasteiger partial charge is 0.300 e. The quantitative estimate of drug-likeness (QED) is 0.316. The lowest BCUT2D eigenvalue weighted by molar-refractivity contribution is -0.384. The maximum Gasteiger partial charge on any atom is 0.300 e. The zero-order valence-electron chi connectivity index (χ0n) is 19.2. The SMILES string of the molecule is CC(=O)O.CN1CCN(c2ccc([N+](=O)[O-])cc2/C=N/NC(=O)CCc2ccccc2O)CC1. The topological polar surface area (TPSA) is 149 Å². The van der Waals surface area contributed by atoms with E-state index in [0.29, 0.717) is 17.5 Å². The highest BCUT2D eigenvalue weighted by molar-refractivity contribution is 5.90. The van der Waals surface area contributed by atoms with Gasteiger partial charge in [0.15, 0.2) is 0 Å². The predicted molar refractivity (Wildman–Crippen MR) is 128 cm³/mol. The molecule has 2 aromatic carbocycles. The Labute approximate surface area is 197 Å². The van der Waals surface area contributed by atoms with Crippen LogP contribution in [0.5, 0.6) is 5.75 Å². The zero-order valence-corrected chi connectivity index (χ0v) is 19.2. The summed E-state index contributed by atoms with van der Waals surface area (Å²) < 4.78 is 0. The number of hydrazone groups is 1. The molecule has 1 saturated heterocycles. The van der Waals surface area contributed by atoms with Crippen LogP contribution in [0.1, 0.15) is 24.5 Å². The summed E-state index contributed by atoms with van der Waals surface area (Å²) in [7, 11) is 2.06. The molecular formula is C23H29N5O6. The van der Waals surface area contributed by atoms with E-state index in [2.05, 4.69) is 27.4 Å². The van der Waals surface area contributed by atoms with Crippen LogP contribution in [-0.2, 0) is 16.0 Å². The molecule has 182 valence electrons. The first kappa shape index (κ1) is 26.3. The minimum absolute atomic E-state index is 0.0276. The number of aromatic hydroxyl groups is 1. The number of carbonyl (C=O) groups is 2. The van der Waals surface area contributed by atoms with Crippen molar-refractivity contribution in [3.05, 3.63) is 63.7 Å². The molecule has 1 fully saturated rings. The maximum absolute atomic E-state index is 12.1. The molecule has 0 atom stereocenters. The van der Waals surface area contributed by atoms with Crippen molar-refractivity contribution in [3.8, 4) is 5.75 Å². The van der Waals surface area contributed by atoms with Crippen molar-refractivity contribution in [1.29, 1.82) is 0 Å². The molecule has 1 heterocycles. The number of hydrogen-bond acceptors (Lipinski definition) is 8. The summed E-state index contributed by atoms with van der Waals surface area (Å²) in [5.41, 5.74) is 4.55. The molecule has 11 nitrogen and oxygen atoms in total. The lowest BCUT2D eigenvalue weighted by Gasteiger charge is -2.34. The number of nitrogens with one attached hydrogen (secondary N) is 1. The highest BCUT2D eigenvalue weighted by Crippen LogP contribution is 2.25. The third-order valence-corrected chi connectivity index (χ3v) is 5.07. The van der Waals surface area contributed by atoms with E-state index in [1.165, 1.54) is 18.3 Å². The monoisotopic (exact) mass is 471 g/mol. The fourth-order valence-corrected chi connectivity index (χ4v) is 3.29. The molecule has 3 N–H and O–H groups in total. The van der Waals surface area contributed by atoms with Crippen LogP contribution in [0.15, 0.2) is 47.6 Å². The zero-order chi connectivity index (χ0) is 25.1. The number of aliphatic carboxylic acids is 1. The fraction of sp³-hybridized carbons (Fsp3) is 0.348. The van der Waals surface area contributed by atoms with E-state index in [9.17, 15) is 20.0 Å². The van der Waals surface area contributed by atoms with E-state index < -0.39 is 10.9 Å². The van der Waals surface area contributed by atoms with E-state index in [0.717, 1.165) is 38.8 Å². The van der Waals surface area contributed by atoms with E-state index >= 15 is 0 Å². The number of rotatable bonds is 7. The Kier molecular flexibility index (Phi) is 9.96. The number of likely N-dealkylation sites (N-methyl/N-ethyl adjacent to an activating group) is 1. The van der Waals surface area contributed by atoms with Gasteiger partial charge in [0.2, 0.25) is 5.91 Å². The summed E-state index contributed by atoms with van der Waals surface area (Å²) in [6.07, 6.45) is 1.99. The number of piperazine rings is 1. The molecule has 2 aromatic rings. The first-order valence-electron chi connectivity index (χ1n) is 10.7. The van der Waals surface area contributed by atoms with Gasteiger partial charge in [0.25, 0.3) is 11.7 Å². The molecule has 0 bridgehead atoms. The van der Waals surface area contributed by atoms with Crippen LogP contribution in [0.4, 0.5) is 11.4 Å². The first-order valence-corrected chi connectivity index (χ1v) is 10.7. The number of para-hydroxylation sites is 1. The molecule has 0 radical (unpaired) electrons. The van der Waals surface area contributed by atoms with Gasteiger partial charge < -0.3 is 20.0 Å². The molecule has 1 aliphatic heterocycles. The number of carboxylic acids is 1. The van der Waals surface area contributed by atoms with Crippen LogP contribution in [0, 0.1) is 10.1 Å². The van der Waals surface area contributed by atoms with Crippen molar-refractivity contribution in [2.45, 2.75) is 19.8 Å². The number of carbonyl (C=O) groups excluding carboxylic acids is 1. The van der Waals surface area contributed by atoms with Gasteiger partial charge in [0.1, 0.15) is 5.75 Å². The van der Waals surface area contributed by atoms with E-state index in [-0.39, 0.29) is 23.8 Å². The van der Waals surface area contributed by atoms with E-state index in [1.54, 1.807) is 30.3 Å². The number of phenols is 1. The van der Waals surface area contributed by atoms with Gasteiger partial charge in [-0.15, -0.1) is 0 Å². The number of nitro groups is 1. The highest BCUT2D eigenvalue weighted by atomic mass is 16.6. The second kappa shape index (κ2) is 12.9. The minimum atomic E-state index is -0.833. The Morgan fingerprint density at radius 1 is 1.18 bits per heavy atom. The molecule has 34 heavy (non-hydrogen) atoms. The predicted octanol–water partition coefficient (Wildman–Crippen LogP) is 2.23. The molecule has 1 aliphatic rings. The molecule has 3 rings (SSSR count). The van der Waals surface area contributed by atoms with E-state index in [4.69, 9.17) is 9.90 Å². The molecule has 0 aliphatic carbocycles. The van der Waals surface area contributed by atoms with Crippen LogP contribution in [0.25, 0.3) is 0 Å². The van der Waals surface area contributed by atoms with Gasteiger partial charge in [-0.3, -0.25) is 19.7 Å². The number of benzene rings is 2. The van der Waals surface area contributed by atoms with Crippen LogP contribution in [-0.4, -0.2) is 71.4 Å². The number of hydrogen-bond donors (Lipinski definition) is 3. The Morgan fingerprint density at radius 2 is 1.82 bits per heavy atom. The lowest BCUT2D eigenvalue weighted by atomic mass is 10.1. The summed E-state index contributed by atoms with van der Waals surface area (Å²) in [4.78, 5) is 36.2. The van der Waals surface area contributed by atoms with Crippen LogP contribution < -0.4 is 10.3 Å². The second-order valence-electron chi connectivity index (χ2n) is 7.73. The number of nitrogens with zero attached hydrogens (tertiary/aromatic N) is 4. The summed E-state index contributed by atoms with van der Waals surface area (Å²) in [6.45, 7) is 4.50. The Hall–Kier alpha value is -3.99. The van der Waals surface area contributed by atoms with Crippen molar-refractivity contribution in [1.82, 2.24) is 10.3 Å². The molecule has 0 unspecified atom stereocenters. The number of non-ortho nitro benzene ring substituents is 1. The average molecular weight is 472 g/mol. The van der Waals surface area contributed by atoms with Crippen LogP contribution in [0.2, 0.25) is 0 Å². The van der Waals surface area contributed by atoms with Crippen molar-refractivity contribution >= 4 is 29.5 Å². The van der Waals surface area contributed by atoms with Gasteiger partial charge >= 0.3 is 0 Å². The average Bonchev–Trinajstić information content (AvgIpc) is 2.79. The summed E-state index contributed by atoms with van der Waals surface area (Å²) in [5.74, 6) is -0.983.